The fourth-order valence-corrected chi connectivity index (χ4v) is 4.56. The van der Waals surface area contributed by atoms with Crippen molar-refractivity contribution < 1.29 is 21.6 Å². The van der Waals surface area contributed by atoms with Crippen LogP contribution in [0.4, 0.5) is 13.2 Å². The molecule has 1 saturated heterocycles. The van der Waals surface area contributed by atoms with E-state index in [-0.39, 0.29) is 17.0 Å². The molecule has 3 N–H and O–H groups in total. The molecule has 1 aliphatic heterocycles. The second-order valence-electron chi connectivity index (χ2n) is 5.99. The van der Waals surface area contributed by atoms with Gasteiger partial charge in [-0.05, 0) is 43.0 Å². The Hall–Kier alpha value is -1.16. The number of hydrazine groups is 1. The highest BCUT2D eigenvalue weighted by Crippen LogP contribution is 2.30. The SMILES string of the molecule is O=S(=O)(NC1CCCC2CNNC21)c1ccc(C(F)(F)F)cc1. The highest BCUT2D eigenvalue weighted by Gasteiger charge is 2.38. The van der Waals surface area contributed by atoms with Crippen molar-refractivity contribution in [2.45, 2.75) is 42.4 Å². The zero-order chi connectivity index (χ0) is 16.7. The quantitative estimate of drug-likeness (QED) is 0.776. The fraction of sp³-hybridized carbons (Fsp3) is 0.571. The zero-order valence-corrected chi connectivity index (χ0v) is 13.0. The van der Waals surface area contributed by atoms with Crippen molar-refractivity contribution in [2.24, 2.45) is 5.92 Å². The lowest BCUT2D eigenvalue weighted by Crippen LogP contribution is -2.52. The van der Waals surface area contributed by atoms with Crippen molar-refractivity contribution in [1.29, 1.82) is 0 Å². The standard InChI is InChI=1S/C14H18F3N3O2S/c15-14(16,17)10-4-6-11(7-5-10)23(21,22)20-12-3-1-2-9-8-18-19-13(9)12/h4-7,9,12-13,18-20H,1-3,8H2. The van der Waals surface area contributed by atoms with Gasteiger partial charge in [-0.2, -0.15) is 13.2 Å². The maximum absolute atomic E-state index is 12.6. The molecule has 5 nitrogen and oxygen atoms in total. The minimum absolute atomic E-state index is 0.00738. The highest BCUT2D eigenvalue weighted by atomic mass is 32.2. The van der Waals surface area contributed by atoms with E-state index in [0.717, 1.165) is 43.7 Å². The monoisotopic (exact) mass is 349 g/mol. The molecule has 3 rings (SSSR count). The normalized spacial score (nSPS) is 28.6. The number of hydrogen-bond acceptors (Lipinski definition) is 4. The number of benzene rings is 1. The van der Waals surface area contributed by atoms with Crippen molar-refractivity contribution in [1.82, 2.24) is 15.6 Å². The summed E-state index contributed by atoms with van der Waals surface area (Å²) in [6.07, 6.45) is -1.82. The van der Waals surface area contributed by atoms with Gasteiger partial charge in [-0.25, -0.2) is 13.1 Å². The van der Waals surface area contributed by atoms with E-state index in [9.17, 15) is 21.6 Å². The lowest BCUT2D eigenvalue weighted by Gasteiger charge is -2.33. The first-order valence-corrected chi connectivity index (χ1v) is 8.94. The van der Waals surface area contributed by atoms with Crippen molar-refractivity contribution in [2.75, 3.05) is 6.54 Å². The van der Waals surface area contributed by atoms with Crippen molar-refractivity contribution >= 4 is 10.0 Å². The lowest BCUT2D eigenvalue weighted by atomic mass is 9.83. The van der Waals surface area contributed by atoms with Crippen LogP contribution in [0.25, 0.3) is 0 Å². The molecule has 1 aliphatic carbocycles. The lowest BCUT2D eigenvalue weighted by molar-refractivity contribution is -0.137. The van der Waals surface area contributed by atoms with E-state index < -0.39 is 21.8 Å². The molecule has 1 saturated carbocycles. The molecule has 0 bridgehead atoms. The Bertz CT molecular complexity index is 661. The Morgan fingerprint density at radius 3 is 2.48 bits per heavy atom. The van der Waals surface area contributed by atoms with E-state index in [1.54, 1.807) is 0 Å². The van der Waals surface area contributed by atoms with Crippen LogP contribution in [0.15, 0.2) is 29.2 Å². The summed E-state index contributed by atoms with van der Waals surface area (Å²) in [5.74, 6) is 0.365. The molecular formula is C14H18F3N3O2S. The van der Waals surface area contributed by atoms with Gasteiger partial charge in [0.25, 0.3) is 0 Å². The number of nitrogens with one attached hydrogen (secondary N) is 3. The van der Waals surface area contributed by atoms with Crippen LogP contribution < -0.4 is 15.6 Å². The molecule has 0 amide bonds. The van der Waals surface area contributed by atoms with Gasteiger partial charge in [0.15, 0.2) is 0 Å². The van der Waals surface area contributed by atoms with Gasteiger partial charge in [-0.15, -0.1) is 0 Å². The molecule has 3 unspecified atom stereocenters. The van der Waals surface area contributed by atoms with Crippen molar-refractivity contribution in [3.8, 4) is 0 Å². The first-order valence-electron chi connectivity index (χ1n) is 7.45. The third-order valence-electron chi connectivity index (χ3n) is 4.46. The van der Waals surface area contributed by atoms with Gasteiger partial charge in [0.2, 0.25) is 10.0 Å². The van der Waals surface area contributed by atoms with E-state index >= 15 is 0 Å². The number of hydrogen-bond donors (Lipinski definition) is 3. The maximum Gasteiger partial charge on any atom is 0.416 e. The first kappa shape index (κ1) is 16.7. The minimum Gasteiger partial charge on any atom is -0.257 e. The summed E-state index contributed by atoms with van der Waals surface area (Å²) in [5.41, 5.74) is 5.26. The van der Waals surface area contributed by atoms with Crippen LogP contribution in [-0.4, -0.2) is 27.0 Å². The number of fused-ring (bicyclic) bond motifs is 1. The van der Waals surface area contributed by atoms with Crippen LogP contribution in [0.1, 0.15) is 24.8 Å². The van der Waals surface area contributed by atoms with E-state index in [1.165, 1.54) is 0 Å². The summed E-state index contributed by atoms with van der Waals surface area (Å²) >= 11 is 0. The topological polar surface area (TPSA) is 70.2 Å². The Labute approximate surface area is 132 Å². The minimum atomic E-state index is -4.48. The molecule has 2 aliphatic rings. The molecule has 0 spiro atoms. The maximum atomic E-state index is 12.6. The number of alkyl halides is 3. The number of halogens is 3. The molecule has 3 atom stereocenters. The summed E-state index contributed by atoms with van der Waals surface area (Å²) in [6, 6.07) is 3.29. The summed E-state index contributed by atoms with van der Waals surface area (Å²) < 4.78 is 65.1. The van der Waals surface area contributed by atoms with Gasteiger partial charge in [0.05, 0.1) is 10.5 Å². The fourth-order valence-electron chi connectivity index (χ4n) is 3.27. The molecule has 1 heterocycles. The average Bonchev–Trinajstić information content (AvgIpc) is 2.96. The first-order chi connectivity index (χ1) is 10.8. The van der Waals surface area contributed by atoms with Crippen LogP contribution >= 0.6 is 0 Å². The predicted octanol–water partition coefficient (Wildman–Crippen LogP) is 1.63. The molecule has 128 valence electrons. The molecule has 1 aromatic rings. The Balaban J connectivity index is 1.76. The largest absolute Gasteiger partial charge is 0.416 e. The highest BCUT2D eigenvalue weighted by molar-refractivity contribution is 7.89. The molecule has 0 radical (unpaired) electrons. The van der Waals surface area contributed by atoms with Crippen LogP contribution in [0.3, 0.4) is 0 Å². The van der Waals surface area contributed by atoms with Crippen LogP contribution in [0.2, 0.25) is 0 Å². The van der Waals surface area contributed by atoms with E-state index in [0.29, 0.717) is 12.3 Å². The van der Waals surface area contributed by atoms with Crippen molar-refractivity contribution in [3.63, 3.8) is 0 Å². The number of sulfonamides is 1. The predicted molar refractivity (Wildman–Crippen MR) is 77.8 cm³/mol. The summed E-state index contributed by atoms with van der Waals surface area (Å²) in [4.78, 5) is -0.154. The zero-order valence-electron chi connectivity index (χ0n) is 12.2. The molecule has 0 aromatic heterocycles. The van der Waals surface area contributed by atoms with Crippen LogP contribution in [0.5, 0.6) is 0 Å². The Morgan fingerprint density at radius 2 is 1.83 bits per heavy atom. The molecule has 23 heavy (non-hydrogen) atoms. The third kappa shape index (κ3) is 3.52. The van der Waals surface area contributed by atoms with Gasteiger partial charge in [-0.3, -0.25) is 10.9 Å². The Morgan fingerprint density at radius 1 is 1.13 bits per heavy atom. The third-order valence-corrected chi connectivity index (χ3v) is 5.97. The average molecular weight is 349 g/mol. The van der Waals surface area contributed by atoms with Crippen LogP contribution in [-0.2, 0) is 16.2 Å². The summed E-state index contributed by atoms with van der Waals surface area (Å²) in [6.45, 7) is 0.795. The van der Waals surface area contributed by atoms with Gasteiger partial charge < -0.3 is 0 Å². The molecule has 2 fully saturated rings. The van der Waals surface area contributed by atoms with Gasteiger partial charge in [0, 0.05) is 18.6 Å². The summed E-state index contributed by atoms with van der Waals surface area (Å²) in [5, 5.41) is 0. The van der Waals surface area contributed by atoms with Gasteiger partial charge >= 0.3 is 6.18 Å². The molecule has 1 aromatic carbocycles. The number of rotatable bonds is 3. The second-order valence-corrected chi connectivity index (χ2v) is 7.71. The summed E-state index contributed by atoms with van der Waals surface area (Å²) in [7, 11) is -3.85. The molecular weight excluding hydrogens is 331 g/mol. The van der Waals surface area contributed by atoms with Crippen molar-refractivity contribution in [3.05, 3.63) is 29.8 Å². The Kier molecular flexibility index (Phi) is 4.39. The van der Waals surface area contributed by atoms with E-state index in [4.69, 9.17) is 0 Å². The van der Waals surface area contributed by atoms with Crippen LogP contribution in [0, 0.1) is 5.92 Å². The second kappa shape index (κ2) is 6.04. The van der Waals surface area contributed by atoms with Gasteiger partial charge in [0.1, 0.15) is 0 Å². The van der Waals surface area contributed by atoms with E-state index in [2.05, 4.69) is 15.6 Å². The van der Waals surface area contributed by atoms with Gasteiger partial charge in [-0.1, -0.05) is 6.42 Å². The van der Waals surface area contributed by atoms with E-state index in [1.807, 2.05) is 0 Å². The molecule has 9 heteroatoms. The smallest absolute Gasteiger partial charge is 0.257 e.